The average molecular weight is 396 g/mol. The van der Waals surface area contributed by atoms with E-state index in [0.29, 0.717) is 0 Å². The predicted octanol–water partition coefficient (Wildman–Crippen LogP) is 2.16. The summed E-state index contributed by atoms with van der Waals surface area (Å²) in [5.74, 6) is -2.91. The summed E-state index contributed by atoms with van der Waals surface area (Å²) < 4.78 is 5.26. The van der Waals surface area contributed by atoms with Crippen molar-refractivity contribution in [2.75, 3.05) is 11.5 Å². The maximum Gasteiger partial charge on any atom is 0.339 e. The number of rotatable bonds is 5. The summed E-state index contributed by atoms with van der Waals surface area (Å²) in [7, 11) is 0. The number of aromatic hydroxyl groups is 1. The third-order valence-electron chi connectivity index (χ3n) is 4.05. The predicted molar refractivity (Wildman–Crippen MR) is 102 cm³/mol. The first-order valence-electron chi connectivity index (χ1n) is 8.52. The lowest BCUT2D eigenvalue weighted by molar-refractivity contribution is -0.122. The van der Waals surface area contributed by atoms with Gasteiger partial charge in [0.1, 0.15) is 22.6 Å². The summed E-state index contributed by atoms with van der Waals surface area (Å²) in [5, 5.41) is 20.8. The van der Waals surface area contributed by atoms with Crippen molar-refractivity contribution in [1.29, 1.82) is 0 Å². The van der Waals surface area contributed by atoms with Crippen molar-refractivity contribution in [2.45, 2.75) is 6.92 Å². The lowest BCUT2D eigenvalue weighted by atomic mass is 10.0. The number of urea groups is 1. The number of nitrogens with one attached hydrogen (secondary N) is 1. The van der Waals surface area contributed by atoms with Gasteiger partial charge in [-0.25, -0.2) is 14.5 Å². The molecule has 0 aliphatic carbocycles. The Kier molecular flexibility index (Phi) is 5.31. The molecule has 0 atom stereocenters. The number of carboxylic acids is 1. The second kappa shape index (κ2) is 7.85. The quantitative estimate of drug-likeness (QED) is 0.521. The van der Waals surface area contributed by atoms with E-state index in [4.69, 9.17) is 4.74 Å². The number of carbonyl (C=O) groups is 4. The molecule has 9 heteroatoms. The minimum Gasteiger partial charge on any atom is -0.508 e. The first-order valence-corrected chi connectivity index (χ1v) is 8.52. The van der Waals surface area contributed by atoms with Crippen LogP contribution in [0.1, 0.15) is 22.8 Å². The maximum absolute atomic E-state index is 12.8. The van der Waals surface area contributed by atoms with Gasteiger partial charge in [-0.15, -0.1) is 0 Å². The van der Waals surface area contributed by atoms with Crippen LogP contribution in [0.15, 0.2) is 48.0 Å². The zero-order valence-electron chi connectivity index (χ0n) is 15.2. The van der Waals surface area contributed by atoms with Gasteiger partial charge in [0.15, 0.2) is 0 Å². The standard InChI is InChI=1S/C20H16N2O7/c1-2-29-16-8-3-11(9-14(16)19(26)27)10-15-17(24)21-20(28)22(18(15)25)12-4-6-13(23)7-5-12/h3-10,23H,2H2,1H3,(H,26,27)(H,21,24,28). The van der Waals surface area contributed by atoms with Gasteiger partial charge in [0.05, 0.1) is 12.3 Å². The number of phenols is 1. The molecule has 0 aromatic heterocycles. The van der Waals surface area contributed by atoms with E-state index in [2.05, 4.69) is 5.32 Å². The monoisotopic (exact) mass is 396 g/mol. The number of nitrogens with zero attached hydrogens (tertiary/aromatic N) is 1. The number of anilines is 1. The SMILES string of the molecule is CCOc1ccc(C=C2C(=O)NC(=O)N(c3ccc(O)cc3)C2=O)cc1C(=O)O. The molecule has 148 valence electrons. The number of hydrogen-bond acceptors (Lipinski definition) is 6. The number of amides is 4. The number of ether oxygens (including phenoxy) is 1. The van der Waals surface area contributed by atoms with E-state index in [1.165, 1.54) is 48.5 Å². The van der Waals surface area contributed by atoms with Crippen molar-refractivity contribution in [3.8, 4) is 11.5 Å². The number of barbiturate groups is 1. The van der Waals surface area contributed by atoms with E-state index in [0.717, 1.165) is 4.90 Å². The maximum atomic E-state index is 12.8. The normalized spacial score (nSPS) is 15.4. The van der Waals surface area contributed by atoms with Gasteiger partial charge in [-0.3, -0.25) is 14.9 Å². The Hall–Kier alpha value is -4.14. The Balaban J connectivity index is 2.01. The van der Waals surface area contributed by atoms with Gasteiger partial charge in [-0.05, 0) is 55.0 Å². The molecule has 1 fully saturated rings. The third-order valence-corrected chi connectivity index (χ3v) is 4.05. The number of carbonyl (C=O) groups excluding carboxylic acids is 3. The highest BCUT2D eigenvalue weighted by Gasteiger charge is 2.36. The molecular formula is C20H16N2O7. The summed E-state index contributed by atoms with van der Waals surface area (Å²) in [5.41, 5.74) is -0.0551. The van der Waals surface area contributed by atoms with Crippen LogP contribution in [0.2, 0.25) is 0 Å². The first-order chi connectivity index (χ1) is 13.8. The summed E-state index contributed by atoms with van der Waals surface area (Å²) in [6.07, 6.45) is 1.19. The van der Waals surface area contributed by atoms with Crippen molar-refractivity contribution in [3.05, 3.63) is 59.2 Å². The molecule has 1 saturated heterocycles. The number of carboxylic acid groups (broad SMARTS) is 1. The van der Waals surface area contributed by atoms with Gasteiger partial charge in [0, 0.05) is 0 Å². The van der Waals surface area contributed by atoms with E-state index < -0.39 is 23.8 Å². The molecule has 29 heavy (non-hydrogen) atoms. The van der Waals surface area contributed by atoms with Gasteiger partial charge in [0.2, 0.25) is 0 Å². The molecule has 4 amide bonds. The number of benzene rings is 2. The van der Waals surface area contributed by atoms with E-state index in [1.54, 1.807) is 6.92 Å². The number of aromatic carboxylic acids is 1. The molecule has 0 saturated carbocycles. The smallest absolute Gasteiger partial charge is 0.339 e. The zero-order valence-corrected chi connectivity index (χ0v) is 15.2. The molecule has 1 heterocycles. The van der Waals surface area contributed by atoms with Gasteiger partial charge >= 0.3 is 12.0 Å². The van der Waals surface area contributed by atoms with Crippen LogP contribution in [0, 0.1) is 0 Å². The van der Waals surface area contributed by atoms with E-state index >= 15 is 0 Å². The Bertz CT molecular complexity index is 1040. The van der Waals surface area contributed by atoms with Crippen LogP contribution in [-0.4, -0.2) is 40.6 Å². The minimum absolute atomic E-state index is 0.0546. The van der Waals surface area contributed by atoms with Crippen molar-refractivity contribution in [3.63, 3.8) is 0 Å². The van der Waals surface area contributed by atoms with E-state index in [-0.39, 0.29) is 40.5 Å². The van der Waals surface area contributed by atoms with Crippen molar-refractivity contribution in [2.24, 2.45) is 0 Å². The fraction of sp³-hybridized carbons (Fsp3) is 0.100. The highest BCUT2D eigenvalue weighted by Crippen LogP contribution is 2.25. The number of hydrogen-bond donors (Lipinski definition) is 3. The Labute approximate surface area is 164 Å². The van der Waals surface area contributed by atoms with Crippen LogP contribution in [0.25, 0.3) is 6.08 Å². The van der Waals surface area contributed by atoms with E-state index in [9.17, 15) is 29.4 Å². The van der Waals surface area contributed by atoms with Crippen molar-refractivity contribution in [1.82, 2.24) is 5.32 Å². The molecule has 0 unspecified atom stereocenters. The van der Waals surface area contributed by atoms with Crippen molar-refractivity contribution < 1.29 is 34.1 Å². The Morgan fingerprint density at radius 2 is 1.83 bits per heavy atom. The molecule has 3 rings (SSSR count). The molecule has 0 radical (unpaired) electrons. The minimum atomic E-state index is -1.23. The van der Waals surface area contributed by atoms with Crippen LogP contribution in [-0.2, 0) is 9.59 Å². The molecule has 3 N–H and O–H groups in total. The van der Waals surface area contributed by atoms with Crippen LogP contribution in [0.4, 0.5) is 10.5 Å². The fourth-order valence-corrected chi connectivity index (χ4v) is 2.75. The second-order valence-electron chi connectivity index (χ2n) is 5.97. The highest BCUT2D eigenvalue weighted by molar-refractivity contribution is 6.39. The molecule has 0 spiro atoms. The van der Waals surface area contributed by atoms with Gasteiger partial charge < -0.3 is 14.9 Å². The number of phenolic OH excluding ortho intramolecular Hbond substituents is 1. The summed E-state index contributed by atoms with van der Waals surface area (Å²) in [4.78, 5) is 49.4. The highest BCUT2D eigenvalue weighted by atomic mass is 16.5. The molecule has 2 aromatic rings. The largest absolute Gasteiger partial charge is 0.508 e. The molecule has 1 aliphatic heterocycles. The van der Waals surface area contributed by atoms with Gasteiger partial charge in [-0.1, -0.05) is 6.07 Å². The summed E-state index contributed by atoms with van der Waals surface area (Å²) >= 11 is 0. The third kappa shape index (κ3) is 3.93. The van der Waals surface area contributed by atoms with Crippen molar-refractivity contribution >= 4 is 35.6 Å². The topological polar surface area (TPSA) is 133 Å². The second-order valence-corrected chi connectivity index (χ2v) is 5.97. The lowest BCUT2D eigenvalue weighted by Gasteiger charge is -2.26. The fourth-order valence-electron chi connectivity index (χ4n) is 2.75. The van der Waals surface area contributed by atoms with Gasteiger partial charge in [0.25, 0.3) is 11.8 Å². The average Bonchev–Trinajstić information content (AvgIpc) is 2.67. The first kappa shape index (κ1) is 19.6. The summed E-state index contributed by atoms with van der Waals surface area (Å²) in [6, 6.07) is 8.53. The molecular weight excluding hydrogens is 380 g/mol. The van der Waals surface area contributed by atoms with Crippen LogP contribution in [0.3, 0.4) is 0 Å². The van der Waals surface area contributed by atoms with E-state index in [1.807, 2.05) is 0 Å². The molecule has 0 bridgehead atoms. The summed E-state index contributed by atoms with van der Waals surface area (Å²) in [6.45, 7) is 1.98. The van der Waals surface area contributed by atoms with Crippen LogP contribution < -0.4 is 15.0 Å². The Morgan fingerprint density at radius 3 is 2.45 bits per heavy atom. The molecule has 9 nitrogen and oxygen atoms in total. The lowest BCUT2D eigenvalue weighted by Crippen LogP contribution is -2.54. The molecule has 2 aromatic carbocycles. The number of imide groups is 2. The van der Waals surface area contributed by atoms with Crippen LogP contribution >= 0.6 is 0 Å². The Morgan fingerprint density at radius 1 is 1.14 bits per heavy atom. The molecule has 1 aliphatic rings. The zero-order chi connectivity index (χ0) is 21.1. The van der Waals surface area contributed by atoms with Gasteiger partial charge in [-0.2, -0.15) is 0 Å². The van der Waals surface area contributed by atoms with Crippen LogP contribution in [0.5, 0.6) is 11.5 Å².